The van der Waals surface area contributed by atoms with Gasteiger partial charge >= 0.3 is 5.97 Å². The Balaban J connectivity index is 2.50. The molecule has 106 valence electrons. The summed E-state index contributed by atoms with van der Waals surface area (Å²) in [7, 11) is 0. The zero-order valence-corrected chi connectivity index (χ0v) is 12.4. The molecule has 4 nitrogen and oxygen atoms in total. The summed E-state index contributed by atoms with van der Waals surface area (Å²) in [4.78, 5) is 24.5. The van der Waals surface area contributed by atoms with E-state index in [1.807, 2.05) is 13.0 Å². The molecule has 0 saturated heterocycles. The van der Waals surface area contributed by atoms with Crippen LogP contribution in [0.15, 0.2) is 12.1 Å². The minimum Gasteiger partial charge on any atom is -0.481 e. The number of aryl methyl sites for hydroxylation is 1. The highest BCUT2D eigenvalue weighted by atomic mass is 32.1. The van der Waals surface area contributed by atoms with Gasteiger partial charge in [-0.1, -0.05) is 13.8 Å². The van der Waals surface area contributed by atoms with Crippen molar-refractivity contribution in [3.05, 3.63) is 21.9 Å². The second-order valence-electron chi connectivity index (χ2n) is 5.21. The van der Waals surface area contributed by atoms with Crippen LogP contribution in [0.1, 0.15) is 41.2 Å². The SMILES string of the molecule is Cc1ccc(C(=O)NCC(CC(=O)O)CC(C)C)s1. The van der Waals surface area contributed by atoms with Gasteiger partial charge in [0.1, 0.15) is 0 Å². The molecule has 0 aliphatic rings. The third-order valence-corrected chi connectivity index (χ3v) is 3.78. The summed E-state index contributed by atoms with van der Waals surface area (Å²) >= 11 is 1.45. The van der Waals surface area contributed by atoms with Crippen molar-refractivity contribution in [1.82, 2.24) is 5.32 Å². The summed E-state index contributed by atoms with van der Waals surface area (Å²) in [6.07, 6.45) is 0.901. The molecule has 1 amide bonds. The van der Waals surface area contributed by atoms with E-state index < -0.39 is 5.97 Å². The van der Waals surface area contributed by atoms with Crippen LogP contribution in [0.3, 0.4) is 0 Å². The van der Waals surface area contributed by atoms with Crippen molar-refractivity contribution in [2.75, 3.05) is 6.54 Å². The molecule has 0 aliphatic carbocycles. The highest BCUT2D eigenvalue weighted by Crippen LogP contribution is 2.17. The molecule has 1 aromatic heterocycles. The Bertz CT molecular complexity index is 440. The lowest BCUT2D eigenvalue weighted by Crippen LogP contribution is -2.30. The van der Waals surface area contributed by atoms with Crippen molar-refractivity contribution in [2.24, 2.45) is 11.8 Å². The molecule has 1 atom stereocenters. The van der Waals surface area contributed by atoms with Crippen molar-refractivity contribution < 1.29 is 14.7 Å². The maximum Gasteiger partial charge on any atom is 0.303 e. The quantitative estimate of drug-likeness (QED) is 0.808. The number of carbonyl (C=O) groups excluding carboxylic acids is 1. The lowest BCUT2D eigenvalue weighted by atomic mass is 9.94. The Labute approximate surface area is 117 Å². The standard InChI is InChI=1S/C14H21NO3S/c1-9(2)6-11(7-13(16)17)8-15-14(18)12-5-4-10(3)19-12/h4-5,9,11H,6-8H2,1-3H3,(H,15,18)(H,16,17). The summed E-state index contributed by atoms with van der Waals surface area (Å²) < 4.78 is 0. The van der Waals surface area contributed by atoms with Crippen molar-refractivity contribution >= 4 is 23.2 Å². The summed E-state index contributed by atoms with van der Waals surface area (Å²) in [6.45, 7) is 6.48. The molecular weight excluding hydrogens is 262 g/mol. The zero-order valence-electron chi connectivity index (χ0n) is 11.6. The first kappa shape index (κ1) is 15.7. The molecule has 0 fully saturated rings. The maximum absolute atomic E-state index is 11.9. The van der Waals surface area contributed by atoms with Gasteiger partial charge in [-0.05, 0) is 37.3 Å². The third kappa shape index (κ3) is 5.87. The molecule has 0 aromatic carbocycles. The van der Waals surface area contributed by atoms with Crippen LogP contribution in [-0.4, -0.2) is 23.5 Å². The van der Waals surface area contributed by atoms with Gasteiger partial charge in [-0.15, -0.1) is 11.3 Å². The van der Waals surface area contributed by atoms with Gasteiger partial charge in [0, 0.05) is 17.8 Å². The molecule has 0 saturated carbocycles. The topological polar surface area (TPSA) is 66.4 Å². The molecule has 5 heteroatoms. The minimum absolute atomic E-state index is 0.0116. The highest BCUT2D eigenvalue weighted by molar-refractivity contribution is 7.13. The molecular formula is C14H21NO3S. The van der Waals surface area contributed by atoms with Crippen LogP contribution in [0, 0.1) is 18.8 Å². The summed E-state index contributed by atoms with van der Waals surface area (Å²) in [5.41, 5.74) is 0. The van der Waals surface area contributed by atoms with E-state index in [9.17, 15) is 9.59 Å². The van der Waals surface area contributed by atoms with E-state index in [2.05, 4.69) is 19.2 Å². The van der Waals surface area contributed by atoms with E-state index in [4.69, 9.17) is 5.11 Å². The number of carboxylic acid groups (broad SMARTS) is 1. The highest BCUT2D eigenvalue weighted by Gasteiger charge is 2.17. The fourth-order valence-electron chi connectivity index (χ4n) is 2.03. The fourth-order valence-corrected chi connectivity index (χ4v) is 2.82. The Hall–Kier alpha value is -1.36. The predicted octanol–water partition coefficient (Wildman–Crippen LogP) is 2.92. The van der Waals surface area contributed by atoms with E-state index in [-0.39, 0.29) is 18.2 Å². The number of nitrogens with one attached hydrogen (secondary N) is 1. The second-order valence-corrected chi connectivity index (χ2v) is 6.50. The van der Waals surface area contributed by atoms with Crippen LogP contribution < -0.4 is 5.32 Å². The van der Waals surface area contributed by atoms with Crippen molar-refractivity contribution in [2.45, 2.75) is 33.6 Å². The number of aliphatic carboxylic acids is 1. The number of amides is 1. The van der Waals surface area contributed by atoms with Crippen LogP contribution >= 0.6 is 11.3 Å². The Kier molecular flexibility index (Phi) is 6.02. The largest absolute Gasteiger partial charge is 0.481 e. The van der Waals surface area contributed by atoms with Crippen LogP contribution in [0.25, 0.3) is 0 Å². The van der Waals surface area contributed by atoms with E-state index in [1.54, 1.807) is 6.07 Å². The molecule has 0 aliphatic heterocycles. The monoisotopic (exact) mass is 283 g/mol. The Morgan fingerprint density at radius 3 is 2.53 bits per heavy atom. The number of thiophene rings is 1. The molecule has 1 rings (SSSR count). The van der Waals surface area contributed by atoms with Crippen LogP contribution in [0.2, 0.25) is 0 Å². The van der Waals surface area contributed by atoms with Crippen LogP contribution in [0.5, 0.6) is 0 Å². The third-order valence-electron chi connectivity index (χ3n) is 2.78. The van der Waals surface area contributed by atoms with E-state index in [1.165, 1.54) is 11.3 Å². The number of carboxylic acids is 1. The van der Waals surface area contributed by atoms with Gasteiger partial charge in [-0.25, -0.2) is 0 Å². The van der Waals surface area contributed by atoms with E-state index in [0.717, 1.165) is 11.3 Å². The summed E-state index contributed by atoms with van der Waals surface area (Å²) in [5.74, 6) is -0.517. The lowest BCUT2D eigenvalue weighted by Gasteiger charge is -2.17. The molecule has 19 heavy (non-hydrogen) atoms. The van der Waals surface area contributed by atoms with Crippen molar-refractivity contribution in [3.63, 3.8) is 0 Å². The van der Waals surface area contributed by atoms with Gasteiger partial charge in [-0.2, -0.15) is 0 Å². The van der Waals surface area contributed by atoms with Gasteiger partial charge < -0.3 is 10.4 Å². The molecule has 0 spiro atoms. The van der Waals surface area contributed by atoms with Crippen molar-refractivity contribution in [1.29, 1.82) is 0 Å². The minimum atomic E-state index is -0.813. The normalized spacial score (nSPS) is 12.4. The van der Waals surface area contributed by atoms with Gasteiger partial charge in [-0.3, -0.25) is 9.59 Å². The van der Waals surface area contributed by atoms with Crippen LogP contribution in [-0.2, 0) is 4.79 Å². The van der Waals surface area contributed by atoms with Crippen molar-refractivity contribution in [3.8, 4) is 0 Å². The number of hydrogen-bond acceptors (Lipinski definition) is 3. The molecule has 1 unspecified atom stereocenters. The molecule has 0 radical (unpaired) electrons. The molecule has 0 bridgehead atoms. The summed E-state index contributed by atoms with van der Waals surface area (Å²) in [5, 5.41) is 11.7. The second kappa shape index (κ2) is 7.28. The molecule has 1 aromatic rings. The Morgan fingerprint density at radius 1 is 1.37 bits per heavy atom. The van der Waals surface area contributed by atoms with Gasteiger partial charge in [0.25, 0.3) is 5.91 Å². The number of carbonyl (C=O) groups is 2. The first-order chi connectivity index (χ1) is 8.88. The van der Waals surface area contributed by atoms with E-state index >= 15 is 0 Å². The maximum atomic E-state index is 11.9. The number of hydrogen-bond donors (Lipinski definition) is 2. The fraction of sp³-hybridized carbons (Fsp3) is 0.571. The average Bonchev–Trinajstić information content (AvgIpc) is 2.71. The lowest BCUT2D eigenvalue weighted by molar-refractivity contribution is -0.138. The Morgan fingerprint density at radius 2 is 2.05 bits per heavy atom. The smallest absolute Gasteiger partial charge is 0.303 e. The van der Waals surface area contributed by atoms with Crippen LogP contribution in [0.4, 0.5) is 0 Å². The number of rotatable bonds is 7. The first-order valence-electron chi connectivity index (χ1n) is 6.45. The predicted molar refractivity (Wildman–Crippen MR) is 76.6 cm³/mol. The van der Waals surface area contributed by atoms with Gasteiger partial charge in [0.05, 0.1) is 4.88 Å². The molecule has 1 heterocycles. The van der Waals surface area contributed by atoms with Gasteiger partial charge in [0.2, 0.25) is 0 Å². The van der Waals surface area contributed by atoms with Gasteiger partial charge in [0.15, 0.2) is 0 Å². The van der Waals surface area contributed by atoms with E-state index in [0.29, 0.717) is 17.3 Å². The zero-order chi connectivity index (χ0) is 14.4. The summed E-state index contributed by atoms with van der Waals surface area (Å²) in [6, 6.07) is 3.70. The molecule has 2 N–H and O–H groups in total. The first-order valence-corrected chi connectivity index (χ1v) is 7.26. The average molecular weight is 283 g/mol.